The van der Waals surface area contributed by atoms with Crippen LogP contribution in [0.1, 0.15) is 29.8 Å². The number of carbonyl (C=O) groups is 1. The van der Waals surface area contributed by atoms with Gasteiger partial charge in [-0.25, -0.2) is 4.98 Å². The number of halogens is 1. The molecule has 0 bridgehead atoms. The van der Waals surface area contributed by atoms with E-state index in [1.165, 1.54) is 0 Å². The number of nitriles is 1. The van der Waals surface area contributed by atoms with Crippen molar-refractivity contribution in [3.63, 3.8) is 0 Å². The molecule has 0 radical (unpaired) electrons. The molecule has 9 nitrogen and oxygen atoms in total. The standard InChI is InChI=1S/C26H30IN7O2/c1-17(2)36-20-7-4-18(5-8-20)15-26(27,16-28)32-24(35)19-6-9-21-22(14-19)30-25(29)31-23(21)34-12-10-33(3)11-13-34/h4-9,14,17H,10-13,15H2,1-3H3,(H,32,35)(H2,29,30,31)/t26-/m1/s1. The lowest BCUT2D eigenvalue weighted by Gasteiger charge is -2.33. The maximum Gasteiger partial charge on any atom is 0.253 e. The average molecular weight is 599 g/mol. The molecule has 1 aromatic heterocycles. The van der Waals surface area contributed by atoms with Gasteiger partial charge in [-0.2, -0.15) is 10.2 Å². The highest BCUT2D eigenvalue weighted by atomic mass is 127. The zero-order valence-electron chi connectivity index (χ0n) is 20.7. The van der Waals surface area contributed by atoms with Crippen molar-refractivity contribution in [3.8, 4) is 11.8 Å². The number of likely N-dealkylation sites (N-methyl/N-ethyl adjacent to an activating group) is 1. The molecule has 10 heteroatoms. The van der Waals surface area contributed by atoms with Gasteiger partial charge < -0.3 is 25.6 Å². The van der Waals surface area contributed by atoms with Crippen LogP contribution in [-0.2, 0) is 6.42 Å². The predicted molar refractivity (Wildman–Crippen MR) is 149 cm³/mol. The highest BCUT2D eigenvalue weighted by Gasteiger charge is 2.30. The van der Waals surface area contributed by atoms with Crippen LogP contribution in [-0.4, -0.2) is 63.7 Å². The topological polar surface area (TPSA) is 120 Å². The van der Waals surface area contributed by atoms with Crippen molar-refractivity contribution in [2.24, 2.45) is 0 Å². The fourth-order valence-corrected chi connectivity index (χ4v) is 4.82. The van der Waals surface area contributed by atoms with E-state index in [0.29, 0.717) is 17.5 Å². The van der Waals surface area contributed by atoms with Gasteiger partial charge in [-0.05, 0) is 79.4 Å². The molecule has 1 saturated heterocycles. The van der Waals surface area contributed by atoms with E-state index in [1.807, 2.05) is 66.8 Å². The molecule has 2 heterocycles. The molecule has 2 aromatic carbocycles. The van der Waals surface area contributed by atoms with E-state index in [4.69, 9.17) is 10.5 Å². The molecule has 36 heavy (non-hydrogen) atoms. The van der Waals surface area contributed by atoms with Gasteiger partial charge in [-0.1, -0.05) is 12.1 Å². The summed E-state index contributed by atoms with van der Waals surface area (Å²) in [4.78, 5) is 26.5. The van der Waals surface area contributed by atoms with Crippen molar-refractivity contribution in [1.29, 1.82) is 5.26 Å². The van der Waals surface area contributed by atoms with Gasteiger partial charge in [0, 0.05) is 43.5 Å². The fourth-order valence-electron chi connectivity index (χ4n) is 4.13. The van der Waals surface area contributed by atoms with Crippen molar-refractivity contribution in [2.45, 2.75) is 29.9 Å². The second-order valence-electron chi connectivity index (χ2n) is 9.28. The number of nitrogens with zero attached hydrogens (tertiary/aromatic N) is 5. The third kappa shape index (κ3) is 6.14. The number of carbonyl (C=O) groups excluding carboxylic acids is 1. The minimum atomic E-state index is -1.13. The molecule has 1 aliphatic rings. The molecule has 0 unspecified atom stereocenters. The quantitative estimate of drug-likeness (QED) is 0.241. The number of fused-ring (bicyclic) bond motifs is 1. The number of benzene rings is 2. The average Bonchev–Trinajstić information content (AvgIpc) is 2.84. The van der Waals surface area contributed by atoms with Crippen LogP contribution in [0.3, 0.4) is 0 Å². The van der Waals surface area contributed by atoms with Crippen molar-refractivity contribution >= 4 is 51.2 Å². The predicted octanol–water partition coefficient (Wildman–Crippen LogP) is 3.38. The minimum absolute atomic E-state index is 0.0816. The molecule has 1 aliphatic heterocycles. The largest absolute Gasteiger partial charge is 0.491 e. The number of ether oxygens (including phenoxy) is 1. The Hall–Kier alpha value is -3.17. The lowest BCUT2D eigenvalue weighted by atomic mass is 10.1. The Morgan fingerprint density at radius 2 is 1.89 bits per heavy atom. The normalized spacial score (nSPS) is 15.9. The highest BCUT2D eigenvalue weighted by molar-refractivity contribution is 14.1. The van der Waals surface area contributed by atoms with Crippen molar-refractivity contribution < 1.29 is 9.53 Å². The monoisotopic (exact) mass is 599 g/mol. The molecule has 1 amide bonds. The van der Waals surface area contributed by atoms with E-state index in [2.05, 4.69) is 38.2 Å². The molecule has 0 saturated carbocycles. The number of amides is 1. The van der Waals surface area contributed by atoms with Crippen molar-refractivity contribution in [3.05, 3.63) is 53.6 Å². The van der Waals surface area contributed by atoms with Crippen LogP contribution in [0.2, 0.25) is 0 Å². The Balaban J connectivity index is 1.52. The van der Waals surface area contributed by atoms with Gasteiger partial charge in [-0.3, -0.25) is 4.79 Å². The van der Waals surface area contributed by atoms with E-state index in [0.717, 1.165) is 48.7 Å². The van der Waals surface area contributed by atoms with Crippen LogP contribution in [0, 0.1) is 11.3 Å². The number of hydrogen-bond acceptors (Lipinski definition) is 8. The summed E-state index contributed by atoms with van der Waals surface area (Å²) in [5.74, 6) is 1.36. The van der Waals surface area contributed by atoms with Gasteiger partial charge >= 0.3 is 0 Å². The van der Waals surface area contributed by atoms with E-state index < -0.39 is 3.55 Å². The van der Waals surface area contributed by atoms with Gasteiger partial charge in [0.25, 0.3) is 5.91 Å². The first-order chi connectivity index (χ1) is 17.2. The van der Waals surface area contributed by atoms with E-state index in [9.17, 15) is 10.1 Å². The summed E-state index contributed by atoms with van der Waals surface area (Å²) >= 11 is 1.99. The van der Waals surface area contributed by atoms with Gasteiger partial charge in [0.15, 0.2) is 3.55 Å². The van der Waals surface area contributed by atoms with Crippen molar-refractivity contribution in [2.75, 3.05) is 43.9 Å². The van der Waals surface area contributed by atoms with E-state index in [1.54, 1.807) is 12.1 Å². The van der Waals surface area contributed by atoms with Gasteiger partial charge in [0.05, 0.1) is 11.6 Å². The molecule has 188 valence electrons. The van der Waals surface area contributed by atoms with E-state index >= 15 is 0 Å². The van der Waals surface area contributed by atoms with Crippen LogP contribution < -0.4 is 20.7 Å². The third-order valence-corrected chi connectivity index (χ3v) is 6.88. The molecule has 0 spiro atoms. The molecule has 4 rings (SSSR count). The lowest BCUT2D eigenvalue weighted by Crippen LogP contribution is -2.45. The molecule has 3 aromatic rings. The highest BCUT2D eigenvalue weighted by Crippen LogP contribution is 2.28. The summed E-state index contributed by atoms with van der Waals surface area (Å²) in [6.45, 7) is 7.49. The zero-order valence-corrected chi connectivity index (χ0v) is 22.8. The van der Waals surface area contributed by atoms with Gasteiger partial charge in [0.1, 0.15) is 17.6 Å². The van der Waals surface area contributed by atoms with E-state index in [-0.39, 0.29) is 18.0 Å². The van der Waals surface area contributed by atoms with Crippen LogP contribution >= 0.6 is 22.6 Å². The summed E-state index contributed by atoms with van der Waals surface area (Å²) in [5.41, 5.74) is 7.94. The Labute approximate surface area is 224 Å². The van der Waals surface area contributed by atoms with Crippen LogP contribution in [0.5, 0.6) is 5.75 Å². The lowest BCUT2D eigenvalue weighted by molar-refractivity contribution is 0.0942. The number of anilines is 2. The maximum absolute atomic E-state index is 13.2. The molecule has 1 atom stereocenters. The minimum Gasteiger partial charge on any atom is -0.491 e. The molecule has 0 aliphatic carbocycles. The first-order valence-corrected chi connectivity index (χ1v) is 12.9. The number of nitrogens with one attached hydrogen (secondary N) is 1. The summed E-state index contributed by atoms with van der Waals surface area (Å²) in [7, 11) is 2.10. The summed E-state index contributed by atoms with van der Waals surface area (Å²) in [6.07, 6.45) is 0.423. The zero-order chi connectivity index (χ0) is 25.9. The molecule has 1 fully saturated rings. The number of rotatable bonds is 7. The Kier molecular flexibility index (Phi) is 7.80. The number of nitrogens with two attached hydrogens (primary N) is 1. The molecule has 3 N–H and O–H groups in total. The summed E-state index contributed by atoms with van der Waals surface area (Å²) in [5, 5.41) is 13.6. The number of hydrogen-bond donors (Lipinski definition) is 2. The number of aromatic nitrogens is 2. The Morgan fingerprint density at radius 3 is 2.53 bits per heavy atom. The smallest absolute Gasteiger partial charge is 0.253 e. The Bertz CT molecular complexity index is 1280. The van der Waals surface area contributed by atoms with Crippen LogP contribution in [0.4, 0.5) is 11.8 Å². The first kappa shape index (κ1) is 25.9. The molecular weight excluding hydrogens is 569 g/mol. The summed E-state index contributed by atoms with van der Waals surface area (Å²) < 4.78 is 4.56. The number of nitrogen functional groups attached to an aromatic ring is 1. The second-order valence-corrected chi connectivity index (χ2v) is 11.1. The molecular formula is C26H30IN7O2. The maximum atomic E-state index is 13.2. The Morgan fingerprint density at radius 1 is 1.19 bits per heavy atom. The third-order valence-electron chi connectivity index (χ3n) is 5.99. The van der Waals surface area contributed by atoms with Gasteiger partial charge in [0.2, 0.25) is 5.95 Å². The SMILES string of the molecule is CC(C)Oc1ccc(C[C@](I)(C#N)NC(=O)c2ccc3c(N4CCN(C)CC4)nc(N)nc3c2)cc1. The second kappa shape index (κ2) is 10.8. The van der Waals surface area contributed by atoms with Gasteiger partial charge in [-0.15, -0.1) is 0 Å². The summed E-state index contributed by atoms with van der Waals surface area (Å²) in [6, 6.07) is 15.1. The fraction of sp³-hybridized carbons (Fsp3) is 0.385. The number of alkyl halides is 1. The first-order valence-electron chi connectivity index (χ1n) is 11.8. The number of piperazine rings is 1. The van der Waals surface area contributed by atoms with Crippen LogP contribution in [0.15, 0.2) is 42.5 Å². The van der Waals surface area contributed by atoms with Crippen molar-refractivity contribution in [1.82, 2.24) is 20.2 Å². The van der Waals surface area contributed by atoms with Crippen LogP contribution in [0.25, 0.3) is 10.9 Å².